The third-order valence-electron chi connectivity index (χ3n) is 14.4. The fourth-order valence-corrected chi connectivity index (χ4v) is 31.3. The minimum atomic E-state index is -3.78. The number of halogens is 2. The van der Waals surface area contributed by atoms with Crippen LogP contribution in [0, 0.1) is 11.8 Å². The van der Waals surface area contributed by atoms with Crippen molar-refractivity contribution in [2.75, 3.05) is 0 Å². The van der Waals surface area contributed by atoms with Crippen LogP contribution in [0.4, 0.5) is 0 Å². The third-order valence-corrected chi connectivity index (χ3v) is 31.8. The summed E-state index contributed by atoms with van der Waals surface area (Å²) in [6.45, 7) is 14.4. The Labute approximate surface area is 348 Å². The first-order valence-electron chi connectivity index (χ1n) is 21.3. The largest absolute Gasteiger partial charge is 0.147 e. The molecule has 2 saturated carbocycles. The van der Waals surface area contributed by atoms with Gasteiger partial charge in [-0.2, -0.15) is 0 Å². The first-order chi connectivity index (χ1) is 25.3. The fourth-order valence-electron chi connectivity index (χ4n) is 11.5. The standard InChI is InChI=1S/C26H31.C23H25.2CH3.2ClH.H2Si.Zr/c1-18-8-10-19(11-9-18)22-16-21-6-5-7-24(25(21)17-22)20-12-14-23(15-13-20)26(2,3)4;1-2-17-15-21-9-6-10-22(23(21)16-17)20-13-11-19(12-14-20)18-7-4-3-5-8-18;;;;;;/h5-7,12-19H,8-11H2,1-4H3;6,9-16,18H,2-5,7-8H2,1H3;2*1H3;2*1H;1H2;. The minimum absolute atomic E-state index is 0. The molecule has 8 rings (SSSR count). The second-order valence-electron chi connectivity index (χ2n) is 19.9. The van der Waals surface area contributed by atoms with E-state index in [0.717, 1.165) is 18.3 Å². The molecule has 2 fully saturated rings. The van der Waals surface area contributed by atoms with Gasteiger partial charge in [0.2, 0.25) is 0 Å². The van der Waals surface area contributed by atoms with Gasteiger partial charge >= 0.3 is 327 Å². The van der Waals surface area contributed by atoms with Crippen molar-refractivity contribution in [3.63, 3.8) is 0 Å². The molecule has 4 heteroatoms. The number of benzene rings is 4. The van der Waals surface area contributed by atoms with Crippen LogP contribution in [0.3, 0.4) is 0 Å². The van der Waals surface area contributed by atoms with E-state index in [9.17, 15) is 0 Å². The molecule has 0 saturated heterocycles. The summed E-state index contributed by atoms with van der Waals surface area (Å²) in [5.74, 6) is 2.30. The number of rotatable bonds is 7. The van der Waals surface area contributed by atoms with Crippen molar-refractivity contribution >= 4 is 43.8 Å². The average Bonchev–Trinajstić information content (AvgIpc) is 3.76. The summed E-state index contributed by atoms with van der Waals surface area (Å²) in [5.41, 5.74) is 18.5. The number of hydrogen-bond acceptors (Lipinski definition) is 0. The molecule has 0 radical (unpaired) electrons. The molecule has 4 aromatic rings. The van der Waals surface area contributed by atoms with Gasteiger partial charge in [0.25, 0.3) is 0 Å². The summed E-state index contributed by atoms with van der Waals surface area (Å²) in [6.07, 6.45) is 18.9. The molecule has 0 aliphatic heterocycles. The zero-order chi connectivity index (χ0) is 37.1. The van der Waals surface area contributed by atoms with Crippen molar-refractivity contribution in [2.45, 2.75) is 127 Å². The molecule has 292 valence electrons. The Balaban J connectivity index is 0.00000257. The first-order valence-corrected chi connectivity index (χ1v) is 35.0. The number of hydrogen-bond donors (Lipinski definition) is 0. The fraction of sp³-hybridized carbons (Fsp3) is 0.451. The van der Waals surface area contributed by atoms with E-state index in [-0.39, 0.29) is 30.2 Å². The van der Waals surface area contributed by atoms with Crippen molar-refractivity contribution < 1.29 is 17.4 Å². The molecule has 0 heterocycles. The van der Waals surface area contributed by atoms with E-state index in [4.69, 9.17) is 0 Å². The summed E-state index contributed by atoms with van der Waals surface area (Å²) >= 11 is -3.78. The maximum absolute atomic E-state index is 3.78. The maximum Gasteiger partial charge on any atom is -0.147 e. The van der Waals surface area contributed by atoms with Crippen molar-refractivity contribution in [3.05, 3.63) is 129 Å². The Morgan fingerprint density at radius 1 is 0.618 bits per heavy atom. The summed E-state index contributed by atoms with van der Waals surface area (Å²) < 4.78 is 6.83. The zero-order valence-corrected chi connectivity index (χ0v) is 40.2. The average molecular weight is 869 g/mol. The van der Waals surface area contributed by atoms with Gasteiger partial charge in [-0.3, -0.25) is 0 Å². The molecule has 4 aliphatic rings. The van der Waals surface area contributed by atoms with E-state index < -0.39 is 17.4 Å². The van der Waals surface area contributed by atoms with Crippen LogP contribution in [-0.4, -0.2) is 6.88 Å². The van der Waals surface area contributed by atoms with Crippen LogP contribution < -0.4 is 0 Å². The number of allylic oxidation sites excluding steroid dienone is 2. The van der Waals surface area contributed by atoms with Crippen molar-refractivity contribution in [1.82, 2.24) is 0 Å². The Morgan fingerprint density at radius 2 is 1.15 bits per heavy atom. The maximum atomic E-state index is 2.86. The number of fused-ring (bicyclic) bond motifs is 2. The molecule has 2 unspecified atom stereocenters. The van der Waals surface area contributed by atoms with Gasteiger partial charge in [-0.15, -0.1) is 24.8 Å². The molecule has 0 nitrogen and oxygen atoms in total. The molecule has 0 aromatic heterocycles. The first kappa shape index (κ1) is 42.6. The second kappa shape index (κ2) is 16.4. The Bertz CT molecular complexity index is 2130. The summed E-state index contributed by atoms with van der Waals surface area (Å²) in [4.78, 5) is 0. The molecular formula is C51H66Cl2SiZr. The molecule has 2 atom stereocenters. The van der Waals surface area contributed by atoms with Crippen LogP contribution in [0.5, 0.6) is 0 Å². The van der Waals surface area contributed by atoms with Crippen LogP contribution >= 0.6 is 24.8 Å². The van der Waals surface area contributed by atoms with E-state index in [2.05, 4.69) is 148 Å². The quantitative estimate of drug-likeness (QED) is 0.162. The van der Waals surface area contributed by atoms with Gasteiger partial charge in [-0.1, -0.05) is 0 Å². The van der Waals surface area contributed by atoms with Crippen LogP contribution in [0.2, 0.25) is 9.26 Å². The van der Waals surface area contributed by atoms with E-state index in [1.807, 2.05) is 0 Å². The molecular weight excluding hydrogens is 803 g/mol. The zero-order valence-electron chi connectivity index (χ0n) is 34.7. The summed E-state index contributed by atoms with van der Waals surface area (Å²) in [6, 6.07) is 34.0. The van der Waals surface area contributed by atoms with Crippen LogP contribution in [0.1, 0.15) is 145 Å². The summed E-state index contributed by atoms with van der Waals surface area (Å²) in [7, 11) is 0. The summed E-state index contributed by atoms with van der Waals surface area (Å²) in [5, 5.41) is 0. The smallest absolute Gasteiger partial charge is 0.147 e. The second-order valence-corrected chi connectivity index (χ2v) is 50.4. The topological polar surface area (TPSA) is 0 Å². The predicted molar refractivity (Wildman–Crippen MR) is 246 cm³/mol. The van der Waals surface area contributed by atoms with E-state index in [0.29, 0.717) is 13.2 Å². The minimum Gasteiger partial charge on any atom is -0.147 e. The van der Waals surface area contributed by atoms with E-state index in [1.165, 1.54) is 96.7 Å². The van der Waals surface area contributed by atoms with Crippen LogP contribution in [0.25, 0.3) is 34.4 Å². The van der Waals surface area contributed by atoms with Gasteiger partial charge in [-0.05, 0) is 0 Å². The van der Waals surface area contributed by atoms with E-state index in [1.54, 1.807) is 27.8 Å². The molecule has 0 bridgehead atoms. The monoisotopic (exact) mass is 866 g/mol. The SMILES string of the molecule is CCC1=Cc2c(-c3ccc(C4CCCCC4)cc3)cccc2[CH]1[Zr]([CH3])([CH3])(=[SiH2])[CH]1C(C2CCC(C)CC2)=Cc2c(-c3ccc(C(C)(C)C)cc3)cccc21.Cl.Cl. The van der Waals surface area contributed by atoms with Gasteiger partial charge in [0.05, 0.1) is 0 Å². The van der Waals surface area contributed by atoms with Gasteiger partial charge in [0.1, 0.15) is 0 Å². The molecule has 4 aliphatic carbocycles. The Kier molecular flexibility index (Phi) is 12.7. The van der Waals surface area contributed by atoms with Gasteiger partial charge in [0, 0.05) is 0 Å². The molecule has 0 amide bonds. The van der Waals surface area contributed by atoms with Gasteiger partial charge < -0.3 is 0 Å². The Morgan fingerprint density at radius 3 is 1.69 bits per heavy atom. The van der Waals surface area contributed by atoms with Gasteiger partial charge in [-0.25, -0.2) is 0 Å². The van der Waals surface area contributed by atoms with Gasteiger partial charge in [0.15, 0.2) is 0 Å². The Hall–Kier alpha value is -1.96. The third kappa shape index (κ3) is 7.95. The van der Waals surface area contributed by atoms with Crippen molar-refractivity contribution in [2.24, 2.45) is 11.8 Å². The van der Waals surface area contributed by atoms with Crippen molar-refractivity contribution in [1.29, 1.82) is 0 Å². The molecule has 0 spiro atoms. The molecule has 0 N–H and O–H groups in total. The molecule has 4 aromatic carbocycles. The molecule has 55 heavy (non-hydrogen) atoms. The predicted octanol–water partition coefficient (Wildman–Crippen LogP) is 15.4. The van der Waals surface area contributed by atoms with Crippen molar-refractivity contribution in [3.8, 4) is 22.3 Å². The van der Waals surface area contributed by atoms with E-state index >= 15 is 0 Å². The van der Waals surface area contributed by atoms with Crippen LogP contribution in [-0.2, 0) is 22.8 Å². The van der Waals surface area contributed by atoms with Crippen LogP contribution in [0.15, 0.2) is 96.1 Å². The normalized spacial score (nSPS) is 22.8.